The molecule has 5 nitrogen and oxygen atoms in total. The summed E-state index contributed by atoms with van der Waals surface area (Å²) in [6, 6.07) is 8.51. The fourth-order valence-electron chi connectivity index (χ4n) is 3.98. The summed E-state index contributed by atoms with van der Waals surface area (Å²) in [6.07, 6.45) is 10.3. The Bertz CT molecular complexity index is 760. The van der Waals surface area contributed by atoms with Gasteiger partial charge in [0, 0.05) is 49.6 Å². The first-order valence-corrected chi connectivity index (χ1v) is 10.2. The number of hydrogen-bond donors (Lipinski definition) is 2. The Labute approximate surface area is 161 Å². The molecular weight excluding hydrogens is 338 g/mol. The van der Waals surface area contributed by atoms with Crippen molar-refractivity contribution in [1.29, 1.82) is 0 Å². The maximum absolute atomic E-state index is 12.3. The largest absolute Gasteiger partial charge is 0.361 e. The zero-order valence-corrected chi connectivity index (χ0v) is 16.3. The number of para-hydroxylation sites is 1. The van der Waals surface area contributed by atoms with Gasteiger partial charge in [0.2, 0.25) is 11.8 Å². The van der Waals surface area contributed by atoms with Crippen LogP contribution in [0.3, 0.4) is 0 Å². The Balaban J connectivity index is 1.48. The highest BCUT2D eigenvalue weighted by Crippen LogP contribution is 2.19. The zero-order valence-electron chi connectivity index (χ0n) is 16.3. The smallest absolute Gasteiger partial charge is 0.221 e. The van der Waals surface area contributed by atoms with Crippen molar-refractivity contribution in [3.8, 4) is 0 Å². The van der Waals surface area contributed by atoms with E-state index < -0.39 is 0 Å². The van der Waals surface area contributed by atoms with Crippen LogP contribution in [0.25, 0.3) is 10.9 Å². The summed E-state index contributed by atoms with van der Waals surface area (Å²) in [7, 11) is 0. The molecule has 1 saturated carbocycles. The number of fused-ring (bicyclic) bond motifs is 1. The molecule has 1 heterocycles. The van der Waals surface area contributed by atoms with E-state index in [1.165, 1.54) is 36.6 Å². The lowest BCUT2D eigenvalue weighted by atomic mass is 10.1. The van der Waals surface area contributed by atoms with Gasteiger partial charge in [0.25, 0.3) is 0 Å². The summed E-state index contributed by atoms with van der Waals surface area (Å²) >= 11 is 0. The molecule has 2 amide bonds. The van der Waals surface area contributed by atoms with Crippen molar-refractivity contribution in [2.45, 2.75) is 64.3 Å². The summed E-state index contributed by atoms with van der Waals surface area (Å²) in [5.41, 5.74) is 2.32. The molecule has 0 unspecified atom stereocenters. The van der Waals surface area contributed by atoms with Gasteiger partial charge in [-0.15, -0.1) is 0 Å². The van der Waals surface area contributed by atoms with E-state index in [0.717, 1.165) is 24.8 Å². The molecular formula is C22H31N3O2. The lowest BCUT2D eigenvalue weighted by Crippen LogP contribution is -2.38. The highest BCUT2D eigenvalue weighted by molar-refractivity contribution is 5.83. The Morgan fingerprint density at radius 3 is 2.59 bits per heavy atom. The highest BCUT2D eigenvalue weighted by atomic mass is 16.2. The van der Waals surface area contributed by atoms with Crippen LogP contribution in [0.5, 0.6) is 0 Å². The van der Waals surface area contributed by atoms with Crippen LogP contribution in [0.4, 0.5) is 0 Å². The summed E-state index contributed by atoms with van der Waals surface area (Å²) in [5.74, 6) is 0.0948. The highest BCUT2D eigenvalue weighted by Gasteiger charge is 2.16. The number of aromatic nitrogens is 1. The van der Waals surface area contributed by atoms with E-state index >= 15 is 0 Å². The number of amides is 2. The molecule has 1 aliphatic carbocycles. The van der Waals surface area contributed by atoms with Gasteiger partial charge in [-0.2, -0.15) is 0 Å². The van der Waals surface area contributed by atoms with Crippen LogP contribution in [0, 0.1) is 0 Å². The first-order chi connectivity index (χ1) is 13.1. The maximum atomic E-state index is 12.3. The minimum absolute atomic E-state index is 0.0251. The lowest BCUT2D eigenvalue weighted by Gasteiger charge is -2.22. The van der Waals surface area contributed by atoms with E-state index in [1.807, 2.05) is 18.3 Å². The van der Waals surface area contributed by atoms with E-state index in [4.69, 9.17) is 0 Å². The monoisotopic (exact) mass is 369 g/mol. The molecule has 0 spiro atoms. The first-order valence-electron chi connectivity index (χ1n) is 10.2. The number of benzene rings is 1. The quantitative estimate of drug-likeness (QED) is 0.729. The maximum Gasteiger partial charge on any atom is 0.221 e. The van der Waals surface area contributed by atoms with Crippen LogP contribution < -0.4 is 5.32 Å². The Morgan fingerprint density at radius 2 is 1.85 bits per heavy atom. The average Bonchev–Trinajstić information content (AvgIpc) is 2.89. The number of rotatable bonds is 7. The second kappa shape index (κ2) is 9.58. The SMILES string of the molecule is CC(=O)N(CCC(=O)NC1CCCCCC1)CCc1c[nH]c2ccccc12. The van der Waals surface area contributed by atoms with Crippen molar-refractivity contribution in [1.82, 2.24) is 15.2 Å². The van der Waals surface area contributed by atoms with E-state index in [1.54, 1.807) is 11.8 Å². The minimum Gasteiger partial charge on any atom is -0.361 e. The molecule has 0 radical (unpaired) electrons. The molecule has 1 aliphatic rings. The number of hydrogen-bond acceptors (Lipinski definition) is 2. The number of nitrogens with one attached hydrogen (secondary N) is 2. The minimum atomic E-state index is 0.0251. The van der Waals surface area contributed by atoms with Crippen molar-refractivity contribution < 1.29 is 9.59 Å². The third-order valence-corrected chi connectivity index (χ3v) is 5.60. The lowest BCUT2D eigenvalue weighted by molar-refractivity contribution is -0.129. The van der Waals surface area contributed by atoms with Crippen molar-refractivity contribution in [3.05, 3.63) is 36.0 Å². The molecule has 3 rings (SSSR count). The number of nitrogens with zero attached hydrogens (tertiary/aromatic N) is 1. The molecule has 1 aromatic carbocycles. The van der Waals surface area contributed by atoms with Gasteiger partial charge >= 0.3 is 0 Å². The topological polar surface area (TPSA) is 65.2 Å². The second-order valence-electron chi connectivity index (χ2n) is 7.62. The predicted octanol–water partition coefficient (Wildman–Crippen LogP) is 3.79. The molecule has 0 bridgehead atoms. The van der Waals surface area contributed by atoms with Gasteiger partial charge in [-0.1, -0.05) is 43.9 Å². The molecule has 5 heteroatoms. The summed E-state index contributed by atoms with van der Waals surface area (Å²) in [6.45, 7) is 2.70. The average molecular weight is 370 g/mol. The van der Waals surface area contributed by atoms with Crippen LogP contribution >= 0.6 is 0 Å². The normalized spacial score (nSPS) is 15.4. The molecule has 2 N–H and O–H groups in total. The molecule has 27 heavy (non-hydrogen) atoms. The standard InChI is InChI=1S/C22H31N3O2/c1-17(26)25(14-12-18-16-23-21-11-7-6-10-20(18)21)15-13-22(27)24-19-8-4-2-3-5-9-19/h6-7,10-11,16,19,23H,2-5,8-9,12-15H2,1H3,(H,24,27). The Hall–Kier alpha value is -2.30. The second-order valence-corrected chi connectivity index (χ2v) is 7.62. The van der Waals surface area contributed by atoms with Crippen molar-refractivity contribution in [2.75, 3.05) is 13.1 Å². The number of aromatic amines is 1. The fourth-order valence-corrected chi connectivity index (χ4v) is 3.98. The first kappa shape index (κ1) is 19.5. The van der Waals surface area contributed by atoms with Crippen molar-refractivity contribution in [3.63, 3.8) is 0 Å². The van der Waals surface area contributed by atoms with Gasteiger partial charge in [0.1, 0.15) is 0 Å². The van der Waals surface area contributed by atoms with Gasteiger partial charge in [-0.3, -0.25) is 9.59 Å². The molecule has 0 aliphatic heterocycles. The van der Waals surface area contributed by atoms with Gasteiger partial charge in [0.15, 0.2) is 0 Å². The molecule has 1 aromatic heterocycles. The van der Waals surface area contributed by atoms with E-state index in [0.29, 0.717) is 25.6 Å². The van der Waals surface area contributed by atoms with E-state index in [9.17, 15) is 9.59 Å². The molecule has 1 fully saturated rings. The summed E-state index contributed by atoms with van der Waals surface area (Å²) in [5, 5.41) is 4.37. The summed E-state index contributed by atoms with van der Waals surface area (Å²) < 4.78 is 0. The van der Waals surface area contributed by atoms with Gasteiger partial charge in [-0.05, 0) is 30.9 Å². The Kier molecular flexibility index (Phi) is 6.91. The molecule has 0 atom stereocenters. The number of carbonyl (C=O) groups excluding carboxylic acids is 2. The fraction of sp³-hybridized carbons (Fsp3) is 0.545. The Morgan fingerprint density at radius 1 is 1.11 bits per heavy atom. The number of H-pyrrole nitrogens is 1. The molecule has 2 aromatic rings. The third-order valence-electron chi connectivity index (χ3n) is 5.60. The van der Waals surface area contributed by atoms with Gasteiger partial charge in [0.05, 0.1) is 0 Å². The number of carbonyl (C=O) groups is 2. The van der Waals surface area contributed by atoms with Crippen molar-refractivity contribution >= 4 is 22.7 Å². The van der Waals surface area contributed by atoms with Crippen LogP contribution in [0.15, 0.2) is 30.5 Å². The predicted molar refractivity (Wildman–Crippen MR) is 109 cm³/mol. The molecule has 0 saturated heterocycles. The summed E-state index contributed by atoms with van der Waals surface area (Å²) in [4.78, 5) is 29.4. The van der Waals surface area contributed by atoms with Crippen LogP contribution in [-0.4, -0.2) is 40.8 Å². The van der Waals surface area contributed by atoms with Crippen LogP contribution in [-0.2, 0) is 16.0 Å². The zero-order chi connectivity index (χ0) is 19.1. The molecule has 146 valence electrons. The van der Waals surface area contributed by atoms with Crippen LogP contribution in [0.1, 0.15) is 57.4 Å². The van der Waals surface area contributed by atoms with Crippen LogP contribution in [0.2, 0.25) is 0 Å². The van der Waals surface area contributed by atoms with Crippen molar-refractivity contribution in [2.24, 2.45) is 0 Å². The van der Waals surface area contributed by atoms with E-state index in [2.05, 4.69) is 22.4 Å². The van der Waals surface area contributed by atoms with Gasteiger partial charge in [-0.25, -0.2) is 0 Å². The third kappa shape index (κ3) is 5.59. The van der Waals surface area contributed by atoms with E-state index in [-0.39, 0.29) is 11.8 Å². The van der Waals surface area contributed by atoms with Gasteiger partial charge < -0.3 is 15.2 Å².